The van der Waals surface area contributed by atoms with Crippen LogP contribution in [0.2, 0.25) is 0 Å². The van der Waals surface area contributed by atoms with Gasteiger partial charge in [-0.25, -0.2) is 9.59 Å². The molecule has 2 aliphatic carbocycles. The molecule has 0 saturated heterocycles. The van der Waals surface area contributed by atoms with E-state index >= 15 is 0 Å². The Morgan fingerprint density at radius 2 is 1.57 bits per heavy atom. The average molecular weight is 1060 g/mol. The molecule has 0 radical (unpaired) electrons. The highest BCUT2D eigenvalue weighted by Gasteiger charge is 2.65. The van der Waals surface area contributed by atoms with Crippen LogP contribution >= 0.6 is 0 Å². The van der Waals surface area contributed by atoms with E-state index in [4.69, 9.17) is 38.4 Å². The van der Waals surface area contributed by atoms with Gasteiger partial charge in [0.05, 0.1) is 49.7 Å². The standard InChI is InChI=1S/C59H82N4O13/c1-6-9-10-11-12-13-14-15-16-21-36-72-58(67)62(32-7-2)54-40-51(61-74-41-42-24-26-44(27-25-42)63(68)69)48-37-43(22-17-19-33-64)47(23-18-20-34-65)55-49-38-46(29-31-52(49)76-59(54,56(48)55)73-35-8-3)75-57(66)60-50-30-28-45(70-4)39-53(50)71-5/h8,24-31,37-39,43,47,54-56,64-65H,3,6-7,9-23,32-36,40-41H2,1-2,4-5H3,(H,60,66)/t43-,47+,54-,55+,56+,59+/m0/s1. The van der Waals surface area contributed by atoms with Gasteiger partial charge >= 0.3 is 12.2 Å². The van der Waals surface area contributed by atoms with Gasteiger partial charge in [-0.05, 0) is 104 Å². The maximum absolute atomic E-state index is 14.8. The maximum Gasteiger partial charge on any atom is 0.417 e. The van der Waals surface area contributed by atoms with Gasteiger partial charge in [-0.2, -0.15) is 0 Å². The highest BCUT2D eigenvalue weighted by molar-refractivity contribution is 6.03. The van der Waals surface area contributed by atoms with Gasteiger partial charge in [0.15, 0.2) is 0 Å². The van der Waals surface area contributed by atoms with Gasteiger partial charge in [0.1, 0.15) is 35.6 Å². The van der Waals surface area contributed by atoms with Gasteiger partial charge in [0.2, 0.25) is 5.79 Å². The predicted molar refractivity (Wildman–Crippen MR) is 292 cm³/mol. The summed E-state index contributed by atoms with van der Waals surface area (Å²) in [5, 5.41) is 39.2. The smallest absolute Gasteiger partial charge is 0.417 e. The molecular formula is C59H82N4O13. The fourth-order valence-corrected chi connectivity index (χ4v) is 11.2. The van der Waals surface area contributed by atoms with Crippen molar-refractivity contribution in [1.29, 1.82) is 0 Å². The zero-order chi connectivity index (χ0) is 54.3. The van der Waals surface area contributed by atoms with Crippen molar-refractivity contribution in [2.45, 2.75) is 154 Å². The number of anilines is 1. The lowest BCUT2D eigenvalue weighted by molar-refractivity contribution is -0.384. The molecule has 2 amide bonds. The molecule has 17 heteroatoms. The van der Waals surface area contributed by atoms with Crippen LogP contribution in [0.1, 0.15) is 146 Å². The predicted octanol–water partition coefficient (Wildman–Crippen LogP) is 12.8. The molecule has 0 spiro atoms. The fraction of sp³-hybridized carbons (Fsp3) is 0.576. The minimum Gasteiger partial charge on any atom is -0.497 e. The van der Waals surface area contributed by atoms with Crippen LogP contribution in [0.3, 0.4) is 0 Å². The Morgan fingerprint density at radius 1 is 0.868 bits per heavy atom. The fourth-order valence-electron chi connectivity index (χ4n) is 11.2. The number of fused-ring (bicyclic) bond motifs is 2. The number of nitrogens with zero attached hydrogens (tertiary/aromatic N) is 3. The van der Waals surface area contributed by atoms with E-state index in [1.54, 1.807) is 60.6 Å². The molecule has 1 saturated carbocycles. The Kier molecular flexibility index (Phi) is 23.7. The lowest BCUT2D eigenvalue weighted by Gasteiger charge is -2.59. The van der Waals surface area contributed by atoms with Crippen molar-refractivity contribution in [1.82, 2.24) is 4.90 Å². The molecule has 1 fully saturated rings. The number of allylic oxidation sites excluding steroid dienone is 1. The summed E-state index contributed by atoms with van der Waals surface area (Å²) >= 11 is 0. The summed E-state index contributed by atoms with van der Waals surface area (Å²) in [5.74, 6) is -1.03. The zero-order valence-corrected chi connectivity index (χ0v) is 45.2. The maximum atomic E-state index is 14.8. The highest BCUT2D eigenvalue weighted by Crippen LogP contribution is 2.62. The molecule has 6 atom stereocenters. The Morgan fingerprint density at radius 3 is 2.22 bits per heavy atom. The summed E-state index contributed by atoms with van der Waals surface area (Å²) in [6, 6.07) is 15.6. The van der Waals surface area contributed by atoms with Crippen molar-refractivity contribution >= 4 is 29.3 Å². The summed E-state index contributed by atoms with van der Waals surface area (Å²) in [4.78, 5) is 47.4. The van der Waals surface area contributed by atoms with E-state index in [-0.39, 0.29) is 62.7 Å². The van der Waals surface area contributed by atoms with Gasteiger partial charge < -0.3 is 43.5 Å². The average Bonchev–Trinajstić information content (AvgIpc) is 3.55. The van der Waals surface area contributed by atoms with Crippen molar-refractivity contribution in [3.05, 3.63) is 106 Å². The number of oxime groups is 1. The van der Waals surface area contributed by atoms with Gasteiger partial charge in [-0.15, -0.1) is 6.58 Å². The minimum atomic E-state index is -1.53. The van der Waals surface area contributed by atoms with Crippen molar-refractivity contribution in [3.8, 4) is 23.0 Å². The van der Waals surface area contributed by atoms with E-state index in [1.807, 2.05) is 13.0 Å². The van der Waals surface area contributed by atoms with Crippen LogP contribution in [0, 0.1) is 27.9 Å². The molecule has 17 nitrogen and oxygen atoms in total. The molecule has 416 valence electrons. The lowest BCUT2D eigenvalue weighted by atomic mass is 9.55. The number of aliphatic hydroxyl groups is 2. The molecule has 0 bridgehead atoms. The molecular weight excluding hydrogens is 973 g/mol. The third kappa shape index (κ3) is 15.5. The largest absolute Gasteiger partial charge is 0.497 e. The lowest BCUT2D eigenvalue weighted by Crippen LogP contribution is -2.70. The van der Waals surface area contributed by atoms with Crippen molar-refractivity contribution < 1.29 is 58.0 Å². The molecule has 0 unspecified atom stereocenters. The van der Waals surface area contributed by atoms with E-state index in [0.29, 0.717) is 72.9 Å². The number of amides is 2. The van der Waals surface area contributed by atoms with Gasteiger partial charge in [0.25, 0.3) is 5.69 Å². The van der Waals surface area contributed by atoms with Crippen LogP contribution in [0.15, 0.2) is 90.1 Å². The van der Waals surface area contributed by atoms with E-state index in [1.165, 1.54) is 57.8 Å². The van der Waals surface area contributed by atoms with Crippen molar-refractivity contribution in [2.24, 2.45) is 22.9 Å². The number of benzene rings is 3. The Bertz CT molecular complexity index is 2390. The number of aliphatic hydroxyl groups excluding tert-OH is 2. The minimum absolute atomic E-state index is 0.0133. The summed E-state index contributed by atoms with van der Waals surface area (Å²) in [6.45, 7) is 9.00. The van der Waals surface area contributed by atoms with E-state index in [2.05, 4.69) is 24.9 Å². The molecule has 3 N–H and O–H groups in total. The number of methoxy groups -OCH3 is 2. The van der Waals surface area contributed by atoms with Crippen molar-refractivity contribution in [2.75, 3.05) is 52.5 Å². The van der Waals surface area contributed by atoms with Gasteiger partial charge in [-0.3, -0.25) is 20.3 Å². The van der Waals surface area contributed by atoms with Crippen LogP contribution in [0.5, 0.6) is 23.0 Å². The normalized spacial score (nSPS) is 20.8. The monoisotopic (exact) mass is 1050 g/mol. The molecule has 3 aliphatic rings. The number of nitrogens with one attached hydrogen (secondary N) is 1. The number of ether oxygens (including phenoxy) is 6. The Labute approximate surface area is 449 Å². The number of non-ortho nitro benzene ring substituents is 1. The second kappa shape index (κ2) is 30.5. The van der Waals surface area contributed by atoms with Crippen molar-refractivity contribution in [3.63, 3.8) is 0 Å². The van der Waals surface area contributed by atoms with Crippen LogP contribution in [-0.4, -0.2) is 97.0 Å². The van der Waals surface area contributed by atoms with E-state index in [9.17, 15) is 29.9 Å². The number of unbranched alkanes of at least 4 members (excludes halogenated alkanes) is 11. The molecule has 1 aliphatic heterocycles. The number of carbonyl (C=O) groups is 2. The van der Waals surface area contributed by atoms with Crippen LogP contribution < -0.4 is 24.3 Å². The summed E-state index contributed by atoms with van der Waals surface area (Å²) < 4.78 is 37.5. The summed E-state index contributed by atoms with van der Waals surface area (Å²) in [5.41, 5.74) is 3.17. The first-order valence-corrected chi connectivity index (χ1v) is 27.6. The molecule has 0 aromatic heterocycles. The number of carbonyl (C=O) groups excluding carboxylic acids is 2. The van der Waals surface area contributed by atoms with Crippen LogP contribution in [0.25, 0.3) is 0 Å². The quantitative estimate of drug-likeness (QED) is 0.0225. The van der Waals surface area contributed by atoms with Gasteiger partial charge in [0, 0.05) is 55.9 Å². The summed E-state index contributed by atoms with van der Waals surface area (Å²) in [6.07, 6.45) is 18.9. The number of hydrogen-bond donors (Lipinski definition) is 3. The highest BCUT2D eigenvalue weighted by atomic mass is 16.7. The first kappa shape index (κ1) is 59.1. The molecule has 3 aromatic rings. The number of rotatable bonds is 33. The summed E-state index contributed by atoms with van der Waals surface area (Å²) in [7, 11) is 3.04. The third-order valence-corrected chi connectivity index (χ3v) is 14.9. The Hall–Kier alpha value is -6.17. The third-order valence-electron chi connectivity index (χ3n) is 14.9. The Balaban J connectivity index is 1.43. The number of hydrogen-bond acceptors (Lipinski definition) is 14. The number of nitro benzene ring substituents is 1. The zero-order valence-electron chi connectivity index (χ0n) is 45.2. The number of nitro groups is 1. The first-order valence-electron chi connectivity index (χ1n) is 27.6. The van der Waals surface area contributed by atoms with Crippen LogP contribution in [0.4, 0.5) is 21.0 Å². The van der Waals surface area contributed by atoms with E-state index in [0.717, 1.165) is 49.7 Å². The van der Waals surface area contributed by atoms with Gasteiger partial charge in [-0.1, -0.05) is 102 Å². The second-order valence-electron chi connectivity index (χ2n) is 20.0. The first-order chi connectivity index (χ1) is 37.0. The second-order valence-corrected chi connectivity index (χ2v) is 20.0. The van der Waals surface area contributed by atoms with E-state index < -0.39 is 40.8 Å². The molecule has 6 rings (SSSR count). The van der Waals surface area contributed by atoms with Crippen LogP contribution in [-0.2, 0) is 20.9 Å². The topological polar surface area (TPSA) is 210 Å². The molecule has 3 aromatic carbocycles. The SMILES string of the molecule is C=CCO[C@@]12Oc3ccc(OC(=O)Nc4ccc(OC)cc4OC)cc3[C@H]3[C@H](CCCCO)[C@@H](CCCCO)C=C(C(=NOCc4ccc([N+](=O)[O-])cc4)C[C@@H]1N(CCC)C(=O)OCCCCCCCCCCCC)[C@H]32. The molecule has 76 heavy (non-hydrogen) atoms. The molecule has 1 heterocycles.